The third-order valence-corrected chi connectivity index (χ3v) is 19.7. The number of hydrogen-bond acceptors (Lipinski definition) is 4. The Bertz CT molecular complexity index is 1490. The molecule has 0 radical (unpaired) electrons. The lowest BCUT2D eigenvalue weighted by atomic mass is 9.50. The zero-order chi connectivity index (χ0) is 38.8. The topological polar surface area (TPSA) is 35.5 Å². The van der Waals surface area contributed by atoms with Gasteiger partial charge in [0.05, 0.1) is 0 Å². The quantitative estimate of drug-likeness (QED) is 0.0810. The van der Waals surface area contributed by atoms with Crippen molar-refractivity contribution in [2.24, 2.45) is 28.6 Å². The molecule has 3 aliphatic carbocycles. The van der Waals surface area contributed by atoms with Crippen molar-refractivity contribution in [2.45, 2.75) is 156 Å². The van der Waals surface area contributed by atoms with Crippen LogP contribution in [0, 0.1) is 28.6 Å². The summed E-state index contributed by atoms with van der Waals surface area (Å²) in [5, 5.41) is 4.93. The van der Waals surface area contributed by atoms with Crippen LogP contribution in [0.5, 0.6) is 0 Å². The molecule has 0 heterocycles. The van der Waals surface area contributed by atoms with E-state index in [0.717, 1.165) is 44.5 Å². The highest BCUT2D eigenvalue weighted by atomic mass is 32.2. The second-order valence-electron chi connectivity index (χ2n) is 18.6. The predicted octanol–water partition coefficient (Wildman–Crippen LogP) is 12.5. The van der Waals surface area contributed by atoms with E-state index in [-0.39, 0.29) is 16.4 Å². The fourth-order valence-corrected chi connectivity index (χ4v) is 16.3. The van der Waals surface area contributed by atoms with Crippen molar-refractivity contribution in [1.82, 2.24) is 0 Å². The second kappa shape index (κ2) is 19.5. The fourth-order valence-electron chi connectivity index (χ4n) is 10.7. The molecule has 0 amide bonds. The normalized spacial score (nSPS) is 26.8. The molecule has 2 aromatic carbocycles. The van der Waals surface area contributed by atoms with Gasteiger partial charge >= 0.3 is 0 Å². The van der Waals surface area contributed by atoms with Crippen molar-refractivity contribution in [3.63, 3.8) is 0 Å². The van der Waals surface area contributed by atoms with E-state index in [2.05, 4.69) is 121 Å². The smallest absolute Gasteiger partial charge is 0.261 e. The molecule has 0 saturated heterocycles. The number of allylic oxidation sites excluding steroid dienone is 2. The lowest BCUT2D eigenvalue weighted by Gasteiger charge is -2.55. The minimum atomic E-state index is -2.72. The summed E-state index contributed by atoms with van der Waals surface area (Å²) in [6, 6.07) is 22.2. The number of unbranched alkanes of at least 4 members (excludes halogenated alkanes) is 9. The second-order valence-corrected chi connectivity index (χ2v) is 23.9. The first-order chi connectivity index (χ1) is 25.9. The summed E-state index contributed by atoms with van der Waals surface area (Å²) in [5.41, 5.74) is 2.33. The molecule has 5 atom stereocenters. The van der Waals surface area contributed by atoms with Crippen molar-refractivity contribution >= 4 is 36.2 Å². The number of thioether (sulfide) groups is 1. The monoisotopic (exact) mass is 771 g/mol. The highest BCUT2D eigenvalue weighted by Gasteiger charge is 2.62. The average Bonchev–Trinajstić information content (AvgIpc) is 3.51. The van der Waals surface area contributed by atoms with Gasteiger partial charge in [0.1, 0.15) is 6.10 Å². The number of fused-ring (bicyclic) bond motifs is 3. The molecule has 3 nitrogen and oxygen atoms in total. The summed E-state index contributed by atoms with van der Waals surface area (Å²) in [6.07, 6.45) is 20.6. The zero-order valence-electron chi connectivity index (χ0n) is 35.4. The summed E-state index contributed by atoms with van der Waals surface area (Å²) < 4.78 is 13.9. The molecule has 2 saturated carbocycles. The zero-order valence-corrected chi connectivity index (χ0v) is 37.2. The highest BCUT2D eigenvalue weighted by molar-refractivity contribution is 8.02. The molecule has 5 rings (SSSR count). The maximum absolute atomic E-state index is 14.8. The Morgan fingerprint density at radius 1 is 0.870 bits per heavy atom. The summed E-state index contributed by atoms with van der Waals surface area (Å²) in [5.74, 6) is 2.48. The van der Waals surface area contributed by atoms with Crippen molar-refractivity contribution < 1.29 is 14.0 Å². The lowest BCUT2D eigenvalue weighted by Crippen LogP contribution is -2.67. The van der Waals surface area contributed by atoms with E-state index >= 15 is 0 Å². The minimum absolute atomic E-state index is 0.0157. The number of benzene rings is 2. The maximum atomic E-state index is 14.8. The Balaban J connectivity index is 1.35. The van der Waals surface area contributed by atoms with Gasteiger partial charge in [-0.2, -0.15) is 0 Å². The van der Waals surface area contributed by atoms with Crippen LogP contribution in [0.15, 0.2) is 83.3 Å². The standard InChI is InChI=1S/C49H74O3SSi/c1-9-10-11-12-13-14-15-16-17-24-35-53-36-39-29-30-43-44-42(38(2)3)31-32-49(44,34-33-48(43,7)46(50)45(39)51-8)37-52-54(47(4,5)6,40-25-20-18-21-26-40)41-27-22-19-23-28-41/h18-23,25-28,31,36,38,43-45H,9-17,24,29-30,32-35,37H2,1-8H3/b39-36-/t43-,44+,45+,48-,49-/m1/s1. The molecule has 2 aromatic rings. The van der Waals surface area contributed by atoms with Gasteiger partial charge in [0.25, 0.3) is 8.32 Å². The molecule has 298 valence electrons. The summed E-state index contributed by atoms with van der Waals surface area (Å²) in [7, 11) is -0.965. The van der Waals surface area contributed by atoms with Crippen LogP contribution >= 0.6 is 11.8 Å². The molecule has 0 aromatic heterocycles. The molecule has 0 aliphatic heterocycles. The van der Waals surface area contributed by atoms with Crippen molar-refractivity contribution in [1.29, 1.82) is 0 Å². The summed E-state index contributed by atoms with van der Waals surface area (Å²) >= 11 is 1.91. The largest absolute Gasteiger partial charge is 0.407 e. The Kier molecular flexibility index (Phi) is 15.6. The Morgan fingerprint density at radius 2 is 1.44 bits per heavy atom. The van der Waals surface area contributed by atoms with Gasteiger partial charge in [-0.15, -0.1) is 11.8 Å². The molecular weight excluding hydrogens is 697 g/mol. The average molecular weight is 771 g/mol. The number of hydrogen-bond donors (Lipinski definition) is 0. The van der Waals surface area contributed by atoms with Crippen LogP contribution in [0.4, 0.5) is 0 Å². The molecule has 0 bridgehead atoms. The molecule has 3 aliphatic rings. The van der Waals surface area contributed by atoms with Gasteiger partial charge in [-0.1, -0.05) is 179 Å². The Hall–Kier alpha value is -1.92. The third kappa shape index (κ3) is 9.27. The van der Waals surface area contributed by atoms with Gasteiger partial charge in [-0.25, -0.2) is 0 Å². The molecule has 0 unspecified atom stereocenters. The highest BCUT2D eigenvalue weighted by Crippen LogP contribution is 2.64. The SMILES string of the molecule is CCCCCCCCCCCCS/C=C1/CC[C@@H]2[C@@H]3C(C(C)C)=CC[C@]3(CO[Si](c3ccccc3)(c3ccccc3)C(C)(C)C)CC[C@@]2(C)C(=O)[C@H]1OC. The first-order valence-electron chi connectivity index (χ1n) is 21.8. The first kappa shape index (κ1) is 43.2. The third-order valence-electron chi connectivity index (χ3n) is 13.8. The molecule has 5 heteroatoms. The van der Waals surface area contributed by atoms with E-state index in [1.54, 1.807) is 12.7 Å². The predicted molar refractivity (Wildman–Crippen MR) is 235 cm³/mol. The van der Waals surface area contributed by atoms with E-state index in [4.69, 9.17) is 9.16 Å². The van der Waals surface area contributed by atoms with Crippen molar-refractivity contribution in [3.05, 3.63) is 83.3 Å². The van der Waals surface area contributed by atoms with Gasteiger partial charge in [-0.05, 0) is 88.4 Å². The molecular formula is C49H74O3SSi. The lowest BCUT2D eigenvalue weighted by molar-refractivity contribution is -0.147. The number of ether oxygens (including phenoxy) is 1. The van der Waals surface area contributed by atoms with Crippen LogP contribution in [0.3, 0.4) is 0 Å². The van der Waals surface area contributed by atoms with Crippen LogP contribution in [-0.2, 0) is 14.0 Å². The van der Waals surface area contributed by atoms with Crippen molar-refractivity contribution in [2.75, 3.05) is 19.5 Å². The van der Waals surface area contributed by atoms with Crippen LogP contribution in [-0.4, -0.2) is 39.7 Å². The van der Waals surface area contributed by atoms with E-state index in [9.17, 15) is 4.79 Å². The molecule has 0 spiro atoms. The van der Waals surface area contributed by atoms with Gasteiger partial charge in [-0.3, -0.25) is 4.79 Å². The number of carbonyl (C=O) groups is 1. The van der Waals surface area contributed by atoms with Crippen LogP contribution in [0.1, 0.15) is 145 Å². The maximum Gasteiger partial charge on any atom is 0.261 e. The molecule has 54 heavy (non-hydrogen) atoms. The van der Waals surface area contributed by atoms with E-state index in [1.807, 2.05) is 11.8 Å². The summed E-state index contributed by atoms with van der Waals surface area (Å²) in [6.45, 7) is 17.2. The number of methoxy groups -OCH3 is 1. The van der Waals surface area contributed by atoms with Gasteiger partial charge in [0.15, 0.2) is 5.78 Å². The van der Waals surface area contributed by atoms with Crippen LogP contribution in [0.25, 0.3) is 0 Å². The minimum Gasteiger partial charge on any atom is -0.407 e. The Labute approximate surface area is 336 Å². The Morgan fingerprint density at radius 3 is 1.98 bits per heavy atom. The number of carbonyl (C=O) groups excluding carboxylic acids is 1. The summed E-state index contributed by atoms with van der Waals surface area (Å²) in [4.78, 5) is 14.8. The number of ketones is 1. The number of rotatable bonds is 19. The number of Topliss-reactive ketones (excluding diaryl/α,β-unsaturated/α-hetero) is 1. The van der Waals surface area contributed by atoms with Crippen LogP contribution in [0.2, 0.25) is 5.04 Å². The molecule has 0 N–H and O–H groups in total. The van der Waals surface area contributed by atoms with Gasteiger partial charge < -0.3 is 9.16 Å². The molecule has 2 fully saturated rings. The van der Waals surface area contributed by atoms with E-state index in [0.29, 0.717) is 17.6 Å². The van der Waals surface area contributed by atoms with Crippen molar-refractivity contribution in [3.8, 4) is 0 Å². The first-order valence-corrected chi connectivity index (χ1v) is 24.7. The van der Waals surface area contributed by atoms with Gasteiger partial charge in [0.2, 0.25) is 0 Å². The fraction of sp³-hybridized carbons (Fsp3) is 0.653. The van der Waals surface area contributed by atoms with E-state index in [1.165, 1.54) is 80.2 Å². The van der Waals surface area contributed by atoms with Crippen LogP contribution < -0.4 is 10.4 Å². The van der Waals surface area contributed by atoms with E-state index < -0.39 is 19.8 Å². The van der Waals surface area contributed by atoms with Gasteiger partial charge in [0, 0.05) is 24.5 Å².